The van der Waals surface area contributed by atoms with E-state index in [0.717, 1.165) is 22.4 Å². The summed E-state index contributed by atoms with van der Waals surface area (Å²) in [5.74, 6) is -0.434. The topological polar surface area (TPSA) is 79.7 Å². The zero-order chi connectivity index (χ0) is 24.2. The Balaban J connectivity index is 1.77. The van der Waals surface area contributed by atoms with Crippen molar-refractivity contribution < 1.29 is 19.4 Å². The Kier molecular flexibility index (Phi) is 6.77. The van der Waals surface area contributed by atoms with Crippen LogP contribution in [0.15, 0.2) is 78.6 Å². The Hall–Kier alpha value is -3.93. The van der Waals surface area contributed by atoms with Crippen LogP contribution in [0.25, 0.3) is 5.76 Å². The molecule has 0 radical (unpaired) electrons. The minimum atomic E-state index is -0.710. The monoisotopic (exact) mass is 456 g/mol. The first-order valence-corrected chi connectivity index (χ1v) is 11.3. The molecule has 1 saturated heterocycles. The average molecular weight is 457 g/mol. The van der Waals surface area contributed by atoms with Crippen LogP contribution in [0.2, 0.25) is 0 Å². The van der Waals surface area contributed by atoms with E-state index in [1.165, 1.54) is 4.90 Å². The van der Waals surface area contributed by atoms with Gasteiger partial charge in [-0.05, 0) is 53.8 Å². The number of aliphatic hydroxyl groups excluding tert-OH is 1. The molecule has 0 saturated carbocycles. The molecule has 0 aliphatic carbocycles. The molecular formula is C28H28N2O4. The normalized spacial score (nSPS) is 17.4. The molecule has 174 valence electrons. The van der Waals surface area contributed by atoms with Gasteiger partial charge in [0.2, 0.25) is 0 Å². The third-order valence-electron chi connectivity index (χ3n) is 5.75. The Bertz CT molecular complexity index is 1220. The van der Waals surface area contributed by atoms with Crippen molar-refractivity contribution in [2.24, 2.45) is 5.92 Å². The Labute approximate surface area is 199 Å². The molecule has 3 aromatic rings. The van der Waals surface area contributed by atoms with Gasteiger partial charge >= 0.3 is 0 Å². The lowest BCUT2D eigenvalue weighted by atomic mass is 9.94. The highest BCUT2D eigenvalue weighted by molar-refractivity contribution is 6.46. The Morgan fingerprint density at radius 1 is 1.09 bits per heavy atom. The first-order valence-electron chi connectivity index (χ1n) is 11.3. The second kappa shape index (κ2) is 9.91. The number of benzene rings is 2. The Morgan fingerprint density at radius 3 is 2.50 bits per heavy atom. The quantitative estimate of drug-likeness (QED) is 0.306. The largest absolute Gasteiger partial charge is 0.507 e. The van der Waals surface area contributed by atoms with Crippen LogP contribution < -0.4 is 4.74 Å². The van der Waals surface area contributed by atoms with Crippen molar-refractivity contribution in [3.05, 3.63) is 101 Å². The van der Waals surface area contributed by atoms with E-state index in [0.29, 0.717) is 18.1 Å². The summed E-state index contributed by atoms with van der Waals surface area (Å²) in [4.78, 5) is 31.9. The molecule has 0 bridgehead atoms. The van der Waals surface area contributed by atoms with Crippen molar-refractivity contribution >= 4 is 17.4 Å². The molecule has 34 heavy (non-hydrogen) atoms. The van der Waals surface area contributed by atoms with E-state index in [1.807, 2.05) is 43.3 Å². The number of hydrogen-bond donors (Lipinski definition) is 1. The molecule has 1 N–H and O–H groups in total. The third-order valence-corrected chi connectivity index (χ3v) is 5.75. The highest BCUT2D eigenvalue weighted by atomic mass is 16.5. The average Bonchev–Trinajstić information content (AvgIpc) is 3.09. The van der Waals surface area contributed by atoms with E-state index >= 15 is 0 Å². The van der Waals surface area contributed by atoms with Crippen LogP contribution in [0.1, 0.15) is 42.1 Å². The van der Waals surface area contributed by atoms with E-state index in [1.54, 1.807) is 36.7 Å². The number of nitrogens with zero attached hydrogens (tertiary/aromatic N) is 2. The number of likely N-dealkylation sites (tertiary alicyclic amines) is 1. The van der Waals surface area contributed by atoms with E-state index in [4.69, 9.17) is 4.74 Å². The van der Waals surface area contributed by atoms with Crippen LogP contribution in [0.5, 0.6) is 5.75 Å². The number of aryl methyl sites for hydroxylation is 1. The molecule has 1 aliphatic heterocycles. The first-order chi connectivity index (χ1) is 16.4. The lowest BCUT2D eigenvalue weighted by molar-refractivity contribution is -0.140. The zero-order valence-electron chi connectivity index (χ0n) is 19.6. The number of pyridine rings is 1. The van der Waals surface area contributed by atoms with Crippen LogP contribution in [0.3, 0.4) is 0 Å². The number of ether oxygens (including phenoxy) is 1. The maximum Gasteiger partial charge on any atom is 0.295 e. The number of rotatable bonds is 7. The molecule has 2 aromatic carbocycles. The Morgan fingerprint density at radius 2 is 1.85 bits per heavy atom. The summed E-state index contributed by atoms with van der Waals surface area (Å²) >= 11 is 0. The molecule has 1 fully saturated rings. The van der Waals surface area contributed by atoms with Crippen LogP contribution in [-0.4, -0.2) is 33.3 Å². The molecule has 0 spiro atoms. The zero-order valence-corrected chi connectivity index (χ0v) is 19.6. The maximum atomic E-state index is 13.2. The number of ketones is 1. The minimum absolute atomic E-state index is 0.0790. The van der Waals surface area contributed by atoms with Gasteiger partial charge in [0.05, 0.1) is 18.2 Å². The number of hydrogen-bond acceptors (Lipinski definition) is 5. The van der Waals surface area contributed by atoms with Crippen molar-refractivity contribution in [3.63, 3.8) is 0 Å². The SMILES string of the molecule is Cc1cc(C(O)=C2C(=O)C(=O)N(Cc3cccnc3)[C@H]2c2ccccc2)ccc1OCC(C)C. The molecule has 1 amide bonds. The summed E-state index contributed by atoms with van der Waals surface area (Å²) in [6.45, 7) is 6.82. The predicted molar refractivity (Wildman–Crippen MR) is 130 cm³/mol. The standard InChI is InChI=1S/C28H28N2O4/c1-18(2)17-34-23-12-11-22(14-19(23)3)26(31)24-25(21-9-5-4-6-10-21)30(28(33)27(24)32)16-20-8-7-13-29-15-20/h4-15,18,25,31H,16-17H2,1-3H3/t25-/m0/s1. The van der Waals surface area contributed by atoms with Gasteiger partial charge in [0, 0.05) is 24.5 Å². The molecule has 6 nitrogen and oxygen atoms in total. The van der Waals surface area contributed by atoms with E-state index < -0.39 is 17.7 Å². The second-order valence-electron chi connectivity index (χ2n) is 8.88. The molecule has 1 aromatic heterocycles. The first kappa shape index (κ1) is 23.2. The number of Topliss-reactive ketones (excluding diaryl/α,β-unsaturated/α-hetero) is 1. The summed E-state index contributed by atoms with van der Waals surface area (Å²) in [5, 5.41) is 11.3. The van der Waals surface area contributed by atoms with Gasteiger partial charge < -0.3 is 14.7 Å². The van der Waals surface area contributed by atoms with Gasteiger partial charge in [0.25, 0.3) is 11.7 Å². The summed E-state index contributed by atoms with van der Waals surface area (Å²) in [6, 6.07) is 17.5. The number of aromatic nitrogens is 1. The van der Waals surface area contributed by atoms with Crippen LogP contribution in [-0.2, 0) is 16.1 Å². The van der Waals surface area contributed by atoms with E-state index in [2.05, 4.69) is 18.8 Å². The molecule has 1 atom stereocenters. The fraction of sp³-hybridized carbons (Fsp3) is 0.250. The van der Waals surface area contributed by atoms with Crippen molar-refractivity contribution in [1.82, 2.24) is 9.88 Å². The summed E-state index contributed by atoms with van der Waals surface area (Å²) in [6.07, 6.45) is 3.32. The lowest BCUT2D eigenvalue weighted by Crippen LogP contribution is -2.29. The fourth-order valence-electron chi connectivity index (χ4n) is 4.08. The van der Waals surface area contributed by atoms with Crippen LogP contribution in [0, 0.1) is 12.8 Å². The summed E-state index contributed by atoms with van der Waals surface area (Å²) in [5.41, 5.74) is 2.93. The fourth-order valence-corrected chi connectivity index (χ4v) is 4.08. The van der Waals surface area contributed by atoms with Gasteiger partial charge in [-0.15, -0.1) is 0 Å². The molecule has 0 unspecified atom stereocenters. The summed E-state index contributed by atoms with van der Waals surface area (Å²) < 4.78 is 5.84. The van der Waals surface area contributed by atoms with E-state index in [9.17, 15) is 14.7 Å². The van der Waals surface area contributed by atoms with Crippen molar-refractivity contribution in [1.29, 1.82) is 0 Å². The summed E-state index contributed by atoms with van der Waals surface area (Å²) in [7, 11) is 0. The van der Waals surface area contributed by atoms with Crippen molar-refractivity contribution in [3.8, 4) is 5.75 Å². The molecule has 2 heterocycles. The van der Waals surface area contributed by atoms with Gasteiger partial charge in [0.15, 0.2) is 0 Å². The smallest absolute Gasteiger partial charge is 0.295 e. The number of carbonyl (C=O) groups excluding carboxylic acids is 2. The molecular weight excluding hydrogens is 428 g/mol. The molecule has 1 aliphatic rings. The van der Waals surface area contributed by atoms with Crippen molar-refractivity contribution in [2.45, 2.75) is 33.4 Å². The molecule has 6 heteroatoms. The van der Waals surface area contributed by atoms with Gasteiger partial charge in [-0.3, -0.25) is 14.6 Å². The van der Waals surface area contributed by atoms with Crippen LogP contribution >= 0.6 is 0 Å². The van der Waals surface area contributed by atoms with Gasteiger partial charge in [0.1, 0.15) is 11.5 Å². The van der Waals surface area contributed by atoms with Gasteiger partial charge in [-0.25, -0.2) is 0 Å². The maximum absolute atomic E-state index is 13.2. The molecule has 4 rings (SSSR count). The number of aliphatic hydroxyl groups is 1. The second-order valence-corrected chi connectivity index (χ2v) is 8.88. The number of amides is 1. The van der Waals surface area contributed by atoms with Crippen molar-refractivity contribution in [2.75, 3.05) is 6.61 Å². The van der Waals surface area contributed by atoms with Gasteiger partial charge in [-0.1, -0.05) is 50.2 Å². The number of carbonyl (C=O) groups is 2. The predicted octanol–water partition coefficient (Wildman–Crippen LogP) is 5.05. The highest BCUT2D eigenvalue weighted by Crippen LogP contribution is 2.40. The minimum Gasteiger partial charge on any atom is -0.507 e. The van der Waals surface area contributed by atoms with E-state index in [-0.39, 0.29) is 17.9 Å². The van der Waals surface area contributed by atoms with Crippen LogP contribution in [0.4, 0.5) is 0 Å². The van der Waals surface area contributed by atoms with Gasteiger partial charge in [-0.2, -0.15) is 0 Å². The third kappa shape index (κ3) is 4.71. The lowest BCUT2D eigenvalue weighted by Gasteiger charge is -2.25. The highest BCUT2D eigenvalue weighted by Gasteiger charge is 2.46.